The van der Waals surface area contributed by atoms with E-state index in [-0.39, 0.29) is 0 Å². The van der Waals surface area contributed by atoms with Gasteiger partial charge in [-0.25, -0.2) is 4.98 Å². The summed E-state index contributed by atoms with van der Waals surface area (Å²) >= 11 is 0. The number of methoxy groups -OCH3 is 1. The summed E-state index contributed by atoms with van der Waals surface area (Å²) in [5, 5.41) is 4.59. The molecule has 0 unspecified atom stereocenters. The Hall–Kier alpha value is -2.59. The first-order chi connectivity index (χ1) is 11.8. The smallest absolute Gasteiger partial charge is 0.145 e. The summed E-state index contributed by atoms with van der Waals surface area (Å²) in [5.41, 5.74) is 10.4. The van der Waals surface area contributed by atoms with Gasteiger partial charge in [-0.05, 0) is 42.2 Å². The van der Waals surface area contributed by atoms with Crippen molar-refractivity contribution < 1.29 is 4.74 Å². The Bertz CT molecular complexity index is 873. The number of benzene rings is 2. The first kappa shape index (κ1) is 15.0. The molecule has 1 heterocycles. The molecule has 4 rings (SSSR count). The van der Waals surface area contributed by atoms with E-state index in [9.17, 15) is 0 Å². The van der Waals surface area contributed by atoms with Gasteiger partial charge in [-0.15, -0.1) is 0 Å². The minimum absolute atomic E-state index is 0.569. The van der Waals surface area contributed by atoms with Gasteiger partial charge in [-0.1, -0.05) is 30.3 Å². The highest BCUT2D eigenvalue weighted by atomic mass is 16.5. The summed E-state index contributed by atoms with van der Waals surface area (Å²) in [6.45, 7) is 0.755. The Labute approximate surface area is 141 Å². The summed E-state index contributed by atoms with van der Waals surface area (Å²) in [4.78, 5) is 4.64. The van der Waals surface area contributed by atoms with Crippen LogP contribution in [0.25, 0.3) is 22.0 Å². The van der Waals surface area contributed by atoms with Crippen LogP contribution in [0.5, 0.6) is 5.75 Å². The molecule has 3 N–H and O–H groups in total. The van der Waals surface area contributed by atoms with Gasteiger partial charge in [-0.3, -0.25) is 0 Å². The zero-order valence-corrected chi connectivity index (χ0v) is 13.8. The average Bonchev–Trinajstić information content (AvgIpc) is 3.44. The molecule has 0 amide bonds. The molecule has 1 aliphatic carbocycles. The lowest BCUT2D eigenvalue weighted by Crippen LogP contribution is -2.16. The molecule has 0 saturated heterocycles. The molecule has 1 saturated carbocycles. The van der Waals surface area contributed by atoms with Gasteiger partial charge in [-0.2, -0.15) is 0 Å². The Morgan fingerprint density at radius 3 is 2.67 bits per heavy atom. The van der Waals surface area contributed by atoms with Crippen molar-refractivity contribution in [1.82, 2.24) is 10.3 Å². The molecule has 24 heavy (non-hydrogen) atoms. The number of fused-ring (bicyclic) bond motifs is 1. The Morgan fingerprint density at radius 1 is 1.17 bits per heavy atom. The Kier molecular flexibility index (Phi) is 3.82. The van der Waals surface area contributed by atoms with Crippen LogP contribution in [0, 0.1) is 0 Å². The monoisotopic (exact) mass is 319 g/mol. The standard InChI is InChI=1S/C20H21N3O/c1-24-18-10-9-16(13-5-3-2-4-6-13)17-11-14(12-22-15-7-8-15)20(21)23-19(17)18/h2-6,9-11,15,22H,7-8,12H2,1H3,(H2,21,23). The van der Waals surface area contributed by atoms with Gasteiger partial charge in [0, 0.05) is 23.5 Å². The molecule has 3 aromatic rings. The molecule has 4 nitrogen and oxygen atoms in total. The number of pyridine rings is 1. The molecular formula is C20H21N3O. The van der Waals surface area contributed by atoms with Crippen LogP contribution in [0.3, 0.4) is 0 Å². The molecule has 4 heteroatoms. The number of nitrogens with one attached hydrogen (secondary N) is 1. The number of nitrogens with two attached hydrogens (primary N) is 1. The third kappa shape index (κ3) is 2.81. The van der Waals surface area contributed by atoms with Gasteiger partial charge < -0.3 is 15.8 Å². The highest BCUT2D eigenvalue weighted by molar-refractivity contribution is 5.99. The first-order valence-electron chi connectivity index (χ1n) is 8.31. The highest BCUT2D eigenvalue weighted by Gasteiger charge is 2.21. The summed E-state index contributed by atoms with van der Waals surface area (Å²) < 4.78 is 5.49. The molecule has 2 aromatic carbocycles. The molecule has 0 aliphatic heterocycles. The molecule has 0 atom stereocenters. The molecule has 1 aromatic heterocycles. The fourth-order valence-corrected chi connectivity index (χ4v) is 3.01. The number of hydrogen-bond donors (Lipinski definition) is 2. The van der Waals surface area contributed by atoms with E-state index in [1.807, 2.05) is 24.3 Å². The van der Waals surface area contributed by atoms with Crippen molar-refractivity contribution in [3.05, 3.63) is 54.1 Å². The van der Waals surface area contributed by atoms with E-state index >= 15 is 0 Å². The first-order valence-corrected chi connectivity index (χ1v) is 8.31. The van der Waals surface area contributed by atoms with E-state index in [1.54, 1.807) is 7.11 Å². The third-order valence-corrected chi connectivity index (χ3v) is 4.52. The number of anilines is 1. The predicted molar refractivity (Wildman–Crippen MR) is 98.0 cm³/mol. The van der Waals surface area contributed by atoms with Crippen molar-refractivity contribution in [2.75, 3.05) is 12.8 Å². The lowest BCUT2D eigenvalue weighted by Gasteiger charge is -2.14. The van der Waals surface area contributed by atoms with Crippen LogP contribution in [0.4, 0.5) is 5.82 Å². The maximum absolute atomic E-state index is 6.20. The van der Waals surface area contributed by atoms with E-state index in [0.717, 1.165) is 39.9 Å². The van der Waals surface area contributed by atoms with Crippen LogP contribution >= 0.6 is 0 Å². The van der Waals surface area contributed by atoms with Crippen LogP contribution < -0.4 is 15.8 Å². The predicted octanol–water partition coefficient (Wildman–Crippen LogP) is 3.74. The SMILES string of the molecule is COc1ccc(-c2ccccc2)c2cc(CNC3CC3)c(N)nc12. The molecule has 122 valence electrons. The van der Waals surface area contributed by atoms with Gasteiger partial charge in [0.05, 0.1) is 7.11 Å². The lowest BCUT2D eigenvalue weighted by molar-refractivity contribution is 0.419. The van der Waals surface area contributed by atoms with Crippen LogP contribution in [0.15, 0.2) is 48.5 Å². The van der Waals surface area contributed by atoms with E-state index in [2.05, 4.69) is 34.6 Å². The Morgan fingerprint density at radius 2 is 1.96 bits per heavy atom. The van der Waals surface area contributed by atoms with Gasteiger partial charge in [0.15, 0.2) is 0 Å². The van der Waals surface area contributed by atoms with Crippen molar-refractivity contribution in [3.8, 4) is 16.9 Å². The van der Waals surface area contributed by atoms with Gasteiger partial charge in [0.1, 0.15) is 17.1 Å². The number of nitrogens with zero attached hydrogens (tertiary/aromatic N) is 1. The van der Waals surface area contributed by atoms with Crippen LogP contribution in [-0.4, -0.2) is 18.1 Å². The van der Waals surface area contributed by atoms with Gasteiger partial charge in [0.2, 0.25) is 0 Å². The maximum atomic E-state index is 6.20. The number of rotatable bonds is 5. The zero-order valence-electron chi connectivity index (χ0n) is 13.8. The van der Waals surface area contributed by atoms with Gasteiger partial charge in [0.25, 0.3) is 0 Å². The van der Waals surface area contributed by atoms with Crippen LogP contribution in [0.1, 0.15) is 18.4 Å². The summed E-state index contributed by atoms with van der Waals surface area (Å²) in [5.74, 6) is 1.32. The van der Waals surface area contributed by atoms with Crippen LogP contribution in [-0.2, 0) is 6.54 Å². The lowest BCUT2D eigenvalue weighted by atomic mass is 9.99. The largest absolute Gasteiger partial charge is 0.494 e. The molecule has 0 radical (unpaired) electrons. The minimum atomic E-state index is 0.569. The fourth-order valence-electron chi connectivity index (χ4n) is 3.01. The Balaban J connectivity index is 1.87. The average molecular weight is 319 g/mol. The van der Waals surface area contributed by atoms with Crippen molar-refractivity contribution in [2.24, 2.45) is 0 Å². The molecule has 0 bridgehead atoms. The molecule has 0 spiro atoms. The third-order valence-electron chi connectivity index (χ3n) is 4.52. The zero-order chi connectivity index (χ0) is 16.5. The second-order valence-electron chi connectivity index (χ2n) is 6.27. The number of hydrogen-bond acceptors (Lipinski definition) is 4. The summed E-state index contributed by atoms with van der Waals surface area (Å²) in [6, 6.07) is 17.2. The van der Waals surface area contributed by atoms with E-state index in [0.29, 0.717) is 11.9 Å². The van der Waals surface area contributed by atoms with E-state index < -0.39 is 0 Å². The number of nitrogen functional groups attached to an aromatic ring is 1. The van der Waals surface area contributed by atoms with Crippen molar-refractivity contribution in [3.63, 3.8) is 0 Å². The summed E-state index contributed by atoms with van der Waals surface area (Å²) in [7, 11) is 1.66. The van der Waals surface area contributed by atoms with Crippen molar-refractivity contribution in [2.45, 2.75) is 25.4 Å². The summed E-state index contributed by atoms with van der Waals surface area (Å²) in [6.07, 6.45) is 2.51. The molecular weight excluding hydrogens is 298 g/mol. The minimum Gasteiger partial charge on any atom is -0.494 e. The molecule has 1 aliphatic rings. The second-order valence-corrected chi connectivity index (χ2v) is 6.27. The van der Waals surface area contributed by atoms with E-state index in [1.165, 1.54) is 12.8 Å². The van der Waals surface area contributed by atoms with Crippen molar-refractivity contribution in [1.29, 1.82) is 0 Å². The van der Waals surface area contributed by atoms with Crippen LogP contribution in [0.2, 0.25) is 0 Å². The topological polar surface area (TPSA) is 60.2 Å². The van der Waals surface area contributed by atoms with E-state index in [4.69, 9.17) is 10.5 Å². The highest BCUT2D eigenvalue weighted by Crippen LogP contribution is 2.35. The van der Waals surface area contributed by atoms with Gasteiger partial charge >= 0.3 is 0 Å². The molecule has 1 fully saturated rings. The number of aromatic nitrogens is 1. The second kappa shape index (κ2) is 6.13. The normalized spacial score (nSPS) is 14.0. The fraction of sp³-hybridized carbons (Fsp3) is 0.250. The maximum Gasteiger partial charge on any atom is 0.145 e. The van der Waals surface area contributed by atoms with Crippen molar-refractivity contribution >= 4 is 16.7 Å². The number of ether oxygens (including phenoxy) is 1. The quantitative estimate of drug-likeness (QED) is 0.752.